The van der Waals surface area contributed by atoms with E-state index in [1.165, 1.54) is 0 Å². The van der Waals surface area contributed by atoms with Crippen LogP contribution < -0.4 is 0 Å². The number of aliphatic hydroxyl groups is 1. The van der Waals surface area contributed by atoms with Crippen molar-refractivity contribution in [3.05, 3.63) is 34.3 Å². The number of hydrogen-bond donors (Lipinski definition) is 1. The number of halogens is 1. The molecule has 1 aromatic rings. The highest BCUT2D eigenvalue weighted by molar-refractivity contribution is 6.32. The SMILES string of the molecule is N#Cc1cccc(CO)c1Cl. The van der Waals surface area contributed by atoms with Crippen LogP contribution >= 0.6 is 11.6 Å². The van der Waals surface area contributed by atoms with Crippen molar-refractivity contribution in [3.8, 4) is 6.07 Å². The van der Waals surface area contributed by atoms with Gasteiger partial charge in [-0.1, -0.05) is 23.7 Å². The number of hydrogen-bond acceptors (Lipinski definition) is 2. The zero-order valence-corrected chi connectivity index (χ0v) is 6.47. The molecule has 0 aromatic heterocycles. The molecule has 1 aromatic carbocycles. The Balaban J connectivity index is 3.23. The van der Waals surface area contributed by atoms with Gasteiger partial charge in [0.15, 0.2) is 0 Å². The van der Waals surface area contributed by atoms with Gasteiger partial charge in [0.25, 0.3) is 0 Å². The molecule has 3 heteroatoms. The number of rotatable bonds is 1. The van der Waals surface area contributed by atoms with E-state index < -0.39 is 0 Å². The van der Waals surface area contributed by atoms with Gasteiger partial charge in [-0.2, -0.15) is 5.26 Å². The summed E-state index contributed by atoms with van der Waals surface area (Å²) in [6.07, 6.45) is 0. The van der Waals surface area contributed by atoms with Crippen LogP contribution in [0.25, 0.3) is 0 Å². The lowest BCUT2D eigenvalue weighted by molar-refractivity contribution is 0.282. The Morgan fingerprint density at radius 1 is 1.55 bits per heavy atom. The average molecular weight is 168 g/mol. The summed E-state index contributed by atoms with van der Waals surface area (Å²) < 4.78 is 0. The Bertz CT molecular complexity index is 303. The third-order valence-corrected chi connectivity index (χ3v) is 1.82. The lowest BCUT2D eigenvalue weighted by Gasteiger charge is -1.99. The van der Waals surface area contributed by atoms with E-state index in [0.29, 0.717) is 16.1 Å². The maximum atomic E-state index is 8.74. The molecule has 0 saturated heterocycles. The molecule has 0 heterocycles. The van der Waals surface area contributed by atoms with Crippen LogP contribution in [0, 0.1) is 11.3 Å². The van der Waals surface area contributed by atoms with Crippen molar-refractivity contribution in [1.29, 1.82) is 5.26 Å². The van der Waals surface area contributed by atoms with Gasteiger partial charge in [-0.3, -0.25) is 0 Å². The van der Waals surface area contributed by atoms with Crippen molar-refractivity contribution in [3.63, 3.8) is 0 Å². The van der Waals surface area contributed by atoms with Crippen molar-refractivity contribution in [2.45, 2.75) is 6.61 Å². The van der Waals surface area contributed by atoms with Crippen LogP contribution in [-0.2, 0) is 6.61 Å². The van der Waals surface area contributed by atoms with Crippen LogP contribution in [0.1, 0.15) is 11.1 Å². The van der Waals surface area contributed by atoms with Crippen LogP contribution in [0.4, 0.5) is 0 Å². The van der Waals surface area contributed by atoms with Crippen molar-refractivity contribution in [2.75, 3.05) is 0 Å². The molecule has 0 aliphatic heterocycles. The molecule has 0 aliphatic rings. The Morgan fingerprint density at radius 2 is 2.27 bits per heavy atom. The summed E-state index contributed by atoms with van der Waals surface area (Å²) in [7, 11) is 0. The molecule has 0 radical (unpaired) electrons. The predicted molar refractivity (Wildman–Crippen MR) is 42.1 cm³/mol. The van der Waals surface area contributed by atoms with Gasteiger partial charge >= 0.3 is 0 Å². The third-order valence-electron chi connectivity index (χ3n) is 1.37. The summed E-state index contributed by atoms with van der Waals surface area (Å²) >= 11 is 5.73. The largest absolute Gasteiger partial charge is 0.392 e. The number of nitriles is 1. The van der Waals surface area contributed by atoms with Gasteiger partial charge in [0.2, 0.25) is 0 Å². The van der Waals surface area contributed by atoms with Crippen LogP contribution in [0.3, 0.4) is 0 Å². The molecule has 0 aliphatic carbocycles. The van der Waals surface area contributed by atoms with Crippen molar-refractivity contribution in [2.24, 2.45) is 0 Å². The third kappa shape index (κ3) is 1.51. The van der Waals surface area contributed by atoms with E-state index in [9.17, 15) is 0 Å². The molecule has 0 saturated carbocycles. The first-order chi connectivity index (χ1) is 5.29. The highest BCUT2D eigenvalue weighted by atomic mass is 35.5. The summed E-state index contributed by atoms with van der Waals surface area (Å²) in [6.45, 7) is -0.131. The fourth-order valence-corrected chi connectivity index (χ4v) is 1.02. The van der Waals surface area contributed by atoms with Gasteiger partial charge in [-0.25, -0.2) is 0 Å². The number of nitrogens with zero attached hydrogens (tertiary/aromatic N) is 1. The van der Waals surface area contributed by atoms with Gasteiger partial charge in [-0.15, -0.1) is 0 Å². The van der Waals surface area contributed by atoms with Gasteiger partial charge < -0.3 is 5.11 Å². The molecule has 1 rings (SSSR count). The Hall–Kier alpha value is -1.04. The molecule has 0 bridgehead atoms. The summed E-state index contributed by atoms with van der Waals surface area (Å²) in [6, 6.07) is 6.91. The smallest absolute Gasteiger partial charge is 0.101 e. The van der Waals surface area contributed by atoms with E-state index in [4.69, 9.17) is 22.0 Å². The topological polar surface area (TPSA) is 44.0 Å². The Kier molecular flexibility index (Phi) is 2.48. The second-order valence-corrected chi connectivity index (χ2v) is 2.43. The first kappa shape index (κ1) is 8.06. The lowest BCUT2D eigenvalue weighted by Crippen LogP contribution is -1.86. The van der Waals surface area contributed by atoms with Crippen LogP contribution in [0.15, 0.2) is 18.2 Å². The zero-order valence-electron chi connectivity index (χ0n) is 5.71. The van der Waals surface area contributed by atoms with Crippen LogP contribution in [-0.4, -0.2) is 5.11 Å². The lowest BCUT2D eigenvalue weighted by atomic mass is 10.1. The van der Waals surface area contributed by atoms with Gasteiger partial charge in [0, 0.05) is 0 Å². The minimum atomic E-state index is -0.131. The second-order valence-electron chi connectivity index (χ2n) is 2.05. The maximum Gasteiger partial charge on any atom is 0.101 e. The van der Waals surface area contributed by atoms with E-state index in [-0.39, 0.29) is 6.61 Å². The Labute approximate surface area is 69.7 Å². The minimum Gasteiger partial charge on any atom is -0.392 e. The molecule has 1 N–H and O–H groups in total. The molecule has 0 fully saturated rings. The highest BCUT2D eigenvalue weighted by Crippen LogP contribution is 2.19. The van der Waals surface area contributed by atoms with E-state index >= 15 is 0 Å². The van der Waals surface area contributed by atoms with E-state index in [1.807, 2.05) is 6.07 Å². The van der Waals surface area contributed by atoms with Crippen molar-refractivity contribution >= 4 is 11.6 Å². The fraction of sp³-hybridized carbons (Fsp3) is 0.125. The van der Waals surface area contributed by atoms with Crippen LogP contribution in [0.2, 0.25) is 5.02 Å². The molecule has 0 unspecified atom stereocenters. The first-order valence-electron chi connectivity index (χ1n) is 3.08. The van der Waals surface area contributed by atoms with E-state index in [0.717, 1.165) is 0 Å². The molecule has 0 atom stereocenters. The Morgan fingerprint density at radius 3 is 2.82 bits per heavy atom. The van der Waals surface area contributed by atoms with E-state index in [1.54, 1.807) is 18.2 Å². The predicted octanol–water partition coefficient (Wildman–Crippen LogP) is 1.70. The molecular weight excluding hydrogens is 162 g/mol. The molecule has 56 valence electrons. The quantitative estimate of drug-likeness (QED) is 0.692. The standard InChI is InChI=1S/C8H6ClNO/c9-8-6(4-10)2-1-3-7(8)5-11/h1-3,11H,5H2. The summed E-state index contributed by atoms with van der Waals surface area (Å²) in [5, 5.41) is 17.6. The molecule has 0 spiro atoms. The summed E-state index contributed by atoms with van der Waals surface area (Å²) in [5.41, 5.74) is 0.990. The number of aliphatic hydroxyl groups excluding tert-OH is 1. The van der Waals surface area contributed by atoms with Crippen LogP contribution in [0.5, 0.6) is 0 Å². The summed E-state index contributed by atoms with van der Waals surface area (Å²) in [4.78, 5) is 0. The van der Waals surface area contributed by atoms with Gasteiger partial charge in [0.1, 0.15) is 6.07 Å². The van der Waals surface area contributed by atoms with Crippen molar-refractivity contribution in [1.82, 2.24) is 0 Å². The molecule has 2 nitrogen and oxygen atoms in total. The normalized spacial score (nSPS) is 9.18. The second kappa shape index (κ2) is 3.38. The zero-order chi connectivity index (χ0) is 8.27. The minimum absolute atomic E-state index is 0.131. The molecule has 0 amide bonds. The first-order valence-corrected chi connectivity index (χ1v) is 3.45. The fourth-order valence-electron chi connectivity index (χ4n) is 0.788. The van der Waals surface area contributed by atoms with Gasteiger partial charge in [0.05, 0.1) is 17.2 Å². The maximum absolute atomic E-state index is 8.74. The molecule has 11 heavy (non-hydrogen) atoms. The van der Waals surface area contributed by atoms with Crippen molar-refractivity contribution < 1.29 is 5.11 Å². The number of benzene rings is 1. The monoisotopic (exact) mass is 167 g/mol. The average Bonchev–Trinajstić information content (AvgIpc) is 2.05. The summed E-state index contributed by atoms with van der Waals surface area (Å²) in [5.74, 6) is 0. The molecular formula is C8H6ClNO. The van der Waals surface area contributed by atoms with E-state index in [2.05, 4.69) is 0 Å². The van der Waals surface area contributed by atoms with Gasteiger partial charge in [-0.05, 0) is 11.6 Å². The highest BCUT2D eigenvalue weighted by Gasteiger charge is 2.02.